The van der Waals surface area contributed by atoms with Crippen molar-refractivity contribution in [2.75, 3.05) is 11.9 Å². The van der Waals surface area contributed by atoms with Gasteiger partial charge in [0.1, 0.15) is 5.75 Å². The average Bonchev–Trinajstić information content (AvgIpc) is 2.62. The van der Waals surface area contributed by atoms with Crippen molar-refractivity contribution in [1.29, 1.82) is 0 Å². The van der Waals surface area contributed by atoms with Gasteiger partial charge in [-0.05, 0) is 67.5 Å². The third-order valence-corrected chi connectivity index (χ3v) is 3.75. The molecule has 1 amide bonds. The molecule has 2 aromatic carbocycles. The van der Waals surface area contributed by atoms with E-state index in [1.165, 1.54) is 12.1 Å². The number of ether oxygens (including phenoxy) is 1. The second-order valence-corrected chi connectivity index (χ2v) is 6.02. The van der Waals surface area contributed by atoms with Crippen LogP contribution in [0.3, 0.4) is 0 Å². The molecule has 0 aliphatic heterocycles. The van der Waals surface area contributed by atoms with Gasteiger partial charge in [0, 0.05) is 11.3 Å². The van der Waals surface area contributed by atoms with Gasteiger partial charge in [0.25, 0.3) is 5.91 Å². The normalized spacial score (nSPS) is 10.1. The molecular formula is C19H20N2O4S. The number of aromatic carboxylic acids is 1. The topological polar surface area (TPSA) is 87.7 Å². The van der Waals surface area contributed by atoms with Crippen molar-refractivity contribution in [3.63, 3.8) is 0 Å². The highest BCUT2D eigenvalue weighted by Crippen LogP contribution is 2.17. The van der Waals surface area contributed by atoms with Crippen LogP contribution in [0.2, 0.25) is 0 Å². The van der Waals surface area contributed by atoms with E-state index in [2.05, 4.69) is 10.6 Å². The average molecular weight is 372 g/mol. The molecule has 0 aliphatic carbocycles. The highest BCUT2D eigenvalue weighted by atomic mass is 32.1. The lowest BCUT2D eigenvalue weighted by molar-refractivity contribution is 0.0696. The minimum atomic E-state index is -1.03. The van der Waals surface area contributed by atoms with Crippen molar-refractivity contribution in [1.82, 2.24) is 5.32 Å². The van der Waals surface area contributed by atoms with Gasteiger partial charge in [0.15, 0.2) is 5.11 Å². The van der Waals surface area contributed by atoms with E-state index >= 15 is 0 Å². The van der Waals surface area contributed by atoms with Crippen molar-refractivity contribution < 1.29 is 19.4 Å². The summed E-state index contributed by atoms with van der Waals surface area (Å²) in [5, 5.41) is 14.6. The van der Waals surface area contributed by atoms with Gasteiger partial charge in [-0.15, -0.1) is 0 Å². The summed E-state index contributed by atoms with van der Waals surface area (Å²) in [7, 11) is 0. The van der Waals surface area contributed by atoms with Crippen LogP contribution in [0.5, 0.6) is 5.75 Å². The third-order valence-electron chi connectivity index (χ3n) is 3.55. The number of amides is 1. The summed E-state index contributed by atoms with van der Waals surface area (Å²) >= 11 is 5.15. The van der Waals surface area contributed by atoms with Crippen LogP contribution in [-0.2, 0) is 0 Å². The lowest BCUT2D eigenvalue weighted by Crippen LogP contribution is -2.34. The van der Waals surface area contributed by atoms with Crippen molar-refractivity contribution in [2.24, 2.45) is 0 Å². The molecular weight excluding hydrogens is 352 g/mol. The first-order chi connectivity index (χ1) is 12.4. The molecule has 0 aromatic heterocycles. The van der Waals surface area contributed by atoms with Gasteiger partial charge >= 0.3 is 5.97 Å². The zero-order valence-corrected chi connectivity index (χ0v) is 15.4. The van der Waals surface area contributed by atoms with Crippen LogP contribution in [0, 0.1) is 6.92 Å². The zero-order valence-electron chi connectivity index (χ0n) is 14.5. The van der Waals surface area contributed by atoms with Crippen LogP contribution < -0.4 is 15.4 Å². The number of hydrogen-bond acceptors (Lipinski definition) is 4. The fourth-order valence-electron chi connectivity index (χ4n) is 2.14. The van der Waals surface area contributed by atoms with Crippen molar-refractivity contribution >= 4 is 34.9 Å². The van der Waals surface area contributed by atoms with Gasteiger partial charge in [-0.1, -0.05) is 13.0 Å². The quantitative estimate of drug-likeness (QED) is 0.672. The number of benzene rings is 2. The van der Waals surface area contributed by atoms with Gasteiger partial charge in [-0.25, -0.2) is 4.79 Å². The van der Waals surface area contributed by atoms with Crippen molar-refractivity contribution in [3.05, 3.63) is 59.2 Å². The van der Waals surface area contributed by atoms with Crippen LogP contribution in [0.4, 0.5) is 5.69 Å². The molecule has 0 unspecified atom stereocenters. The zero-order chi connectivity index (χ0) is 19.1. The molecule has 0 fully saturated rings. The monoisotopic (exact) mass is 372 g/mol. The molecule has 0 heterocycles. The SMILES string of the molecule is CCCOc1ccc(C(=O)NC(=S)Nc2cc(C(=O)O)ccc2C)cc1. The molecule has 136 valence electrons. The number of carbonyl (C=O) groups excluding carboxylic acids is 1. The van der Waals surface area contributed by atoms with Crippen LogP contribution in [-0.4, -0.2) is 28.7 Å². The van der Waals surface area contributed by atoms with Crippen LogP contribution in [0.25, 0.3) is 0 Å². The third kappa shape index (κ3) is 5.29. The summed E-state index contributed by atoms with van der Waals surface area (Å²) in [6.45, 7) is 4.45. The van der Waals surface area contributed by atoms with E-state index in [0.717, 1.165) is 12.0 Å². The Balaban J connectivity index is 2.00. The molecule has 0 bridgehead atoms. The van der Waals surface area contributed by atoms with E-state index < -0.39 is 5.97 Å². The van der Waals surface area contributed by atoms with Crippen LogP contribution >= 0.6 is 12.2 Å². The second-order valence-electron chi connectivity index (χ2n) is 5.62. The number of carbonyl (C=O) groups is 2. The summed E-state index contributed by atoms with van der Waals surface area (Å²) in [4.78, 5) is 23.3. The van der Waals surface area contributed by atoms with Gasteiger partial charge in [-0.2, -0.15) is 0 Å². The summed E-state index contributed by atoms with van der Waals surface area (Å²) in [5.41, 5.74) is 1.91. The Morgan fingerprint density at radius 1 is 1.12 bits per heavy atom. The van der Waals surface area contributed by atoms with E-state index in [9.17, 15) is 9.59 Å². The maximum Gasteiger partial charge on any atom is 0.335 e. The molecule has 0 spiro atoms. The Hall–Kier alpha value is -2.93. The van der Waals surface area contributed by atoms with Gasteiger partial charge in [0.05, 0.1) is 12.2 Å². The first kappa shape index (κ1) is 19.4. The number of carboxylic acid groups (broad SMARTS) is 1. The number of nitrogens with one attached hydrogen (secondary N) is 2. The lowest BCUT2D eigenvalue weighted by atomic mass is 10.1. The second kappa shape index (κ2) is 8.96. The Kier molecular flexibility index (Phi) is 6.68. The van der Waals surface area contributed by atoms with E-state index in [0.29, 0.717) is 23.6 Å². The smallest absolute Gasteiger partial charge is 0.335 e. The van der Waals surface area contributed by atoms with E-state index in [-0.39, 0.29) is 16.6 Å². The van der Waals surface area contributed by atoms with Crippen LogP contribution in [0.1, 0.15) is 39.6 Å². The minimum absolute atomic E-state index is 0.0898. The largest absolute Gasteiger partial charge is 0.494 e. The maximum absolute atomic E-state index is 12.3. The number of aryl methyl sites for hydroxylation is 1. The standard InChI is InChI=1S/C19H20N2O4S/c1-3-10-25-15-8-6-13(7-9-15)17(22)21-19(26)20-16-11-14(18(23)24)5-4-12(16)2/h4-9,11H,3,10H2,1-2H3,(H,23,24)(H2,20,21,22,26). The Morgan fingerprint density at radius 2 is 1.77 bits per heavy atom. The summed E-state index contributed by atoms with van der Waals surface area (Å²) < 4.78 is 5.48. The number of anilines is 1. The molecule has 2 aromatic rings. The number of thiocarbonyl (C=S) groups is 1. The van der Waals surface area contributed by atoms with Crippen molar-refractivity contribution in [2.45, 2.75) is 20.3 Å². The molecule has 2 rings (SSSR count). The van der Waals surface area contributed by atoms with E-state index in [1.807, 2.05) is 13.8 Å². The summed E-state index contributed by atoms with van der Waals surface area (Å²) in [5.74, 6) is -0.699. The Bertz CT molecular complexity index is 819. The maximum atomic E-state index is 12.3. The fraction of sp³-hybridized carbons (Fsp3) is 0.211. The minimum Gasteiger partial charge on any atom is -0.494 e. The predicted molar refractivity (Wildman–Crippen MR) is 104 cm³/mol. The Morgan fingerprint density at radius 3 is 2.38 bits per heavy atom. The molecule has 3 N–H and O–H groups in total. The number of carboxylic acids is 1. The molecule has 7 heteroatoms. The molecule has 0 saturated carbocycles. The highest BCUT2D eigenvalue weighted by molar-refractivity contribution is 7.80. The summed E-state index contributed by atoms with van der Waals surface area (Å²) in [6, 6.07) is 11.4. The highest BCUT2D eigenvalue weighted by Gasteiger charge is 2.11. The summed E-state index contributed by atoms with van der Waals surface area (Å²) in [6.07, 6.45) is 0.907. The van der Waals surface area contributed by atoms with Gasteiger partial charge in [0.2, 0.25) is 0 Å². The number of hydrogen-bond donors (Lipinski definition) is 3. The van der Waals surface area contributed by atoms with E-state index in [1.54, 1.807) is 30.3 Å². The molecule has 0 aliphatic rings. The lowest BCUT2D eigenvalue weighted by Gasteiger charge is -2.12. The molecule has 26 heavy (non-hydrogen) atoms. The van der Waals surface area contributed by atoms with E-state index in [4.69, 9.17) is 22.1 Å². The molecule has 6 nitrogen and oxygen atoms in total. The molecule has 0 radical (unpaired) electrons. The first-order valence-electron chi connectivity index (χ1n) is 8.10. The molecule has 0 atom stereocenters. The Labute approximate surface area is 157 Å². The fourth-order valence-corrected chi connectivity index (χ4v) is 2.34. The molecule has 0 saturated heterocycles. The van der Waals surface area contributed by atoms with Crippen molar-refractivity contribution in [3.8, 4) is 5.75 Å². The van der Waals surface area contributed by atoms with Gasteiger partial charge in [-0.3, -0.25) is 10.1 Å². The van der Waals surface area contributed by atoms with Gasteiger partial charge < -0.3 is 15.2 Å². The number of rotatable bonds is 6. The van der Waals surface area contributed by atoms with Crippen LogP contribution in [0.15, 0.2) is 42.5 Å². The predicted octanol–water partition coefficient (Wildman–Crippen LogP) is 3.61. The first-order valence-corrected chi connectivity index (χ1v) is 8.50.